The molecule has 0 bridgehead atoms. The summed E-state index contributed by atoms with van der Waals surface area (Å²) in [5.74, 6) is 1.49. The maximum Gasteiger partial charge on any atom is 0.0488 e. The summed E-state index contributed by atoms with van der Waals surface area (Å²) < 4.78 is 4.91. The number of methoxy groups -OCH3 is 1. The van der Waals surface area contributed by atoms with Crippen LogP contribution in [0.25, 0.3) is 0 Å². The van der Waals surface area contributed by atoms with Crippen molar-refractivity contribution in [1.29, 1.82) is 0 Å². The molecule has 0 spiro atoms. The molecule has 1 unspecified atom stereocenters. The summed E-state index contributed by atoms with van der Waals surface area (Å²) in [7, 11) is 1.72. The number of ether oxygens (including phenoxy) is 1. The third kappa shape index (κ3) is 4.47. The van der Waals surface area contributed by atoms with Crippen molar-refractivity contribution in [3.63, 3.8) is 0 Å². The Hall–Kier alpha value is 0.310. The molecule has 0 saturated heterocycles. The number of hydrogen-bond donors (Lipinski definition) is 0. The predicted molar refractivity (Wildman–Crippen MR) is 38.1 cm³/mol. The average Bonchev–Trinajstić information content (AvgIpc) is 1.68. The van der Waals surface area contributed by atoms with Crippen molar-refractivity contribution in [2.75, 3.05) is 19.5 Å². The Bertz CT molecular complexity index is 41.8. The second-order valence-corrected chi connectivity index (χ2v) is 2.46. The van der Waals surface area contributed by atoms with E-state index in [4.69, 9.17) is 17.4 Å². The second kappa shape index (κ2) is 5.45. The Morgan fingerprint density at radius 2 is 2.25 bits per heavy atom. The molecule has 0 N–H and O–H groups in total. The van der Waals surface area contributed by atoms with E-state index in [1.807, 2.05) is 0 Å². The molecule has 0 heterocycles. The molecule has 0 saturated carbocycles. The van der Waals surface area contributed by atoms with Crippen molar-refractivity contribution in [2.24, 2.45) is 5.92 Å². The largest absolute Gasteiger partial charge is 0.384 e. The van der Waals surface area contributed by atoms with Crippen LogP contribution in [0.2, 0.25) is 0 Å². The van der Waals surface area contributed by atoms with Crippen molar-refractivity contribution in [2.45, 2.75) is 13.3 Å². The quantitative estimate of drug-likeness (QED) is 0.568. The topological polar surface area (TPSA) is 9.23 Å². The fourth-order valence-electron chi connectivity index (χ4n) is 0.569. The molecule has 1 radical (unpaired) electrons. The molecule has 0 amide bonds. The third-order valence-corrected chi connectivity index (χ3v) is 1.30. The molecule has 0 aromatic rings. The molecule has 0 aliphatic carbocycles. The van der Waals surface area contributed by atoms with Crippen LogP contribution >= 0.6 is 12.6 Å². The van der Waals surface area contributed by atoms with Crippen LogP contribution in [0.5, 0.6) is 0 Å². The first-order chi connectivity index (χ1) is 3.81. The molecule has 0 aromatic heterocycles. The Balaban J connectivity index is 2.92. The fourth-order valence-corrected chi connectivity index (χ4v) is 0.971. The van der Waals surface area contributed by atoms with Gasteiger partial charge in [0.2, 0.25) is 0 Å². The fraction of sp³-hybridized carbons (Fsp3) is 1.00. The van der Waals surface area contributed by atoms with E-state index in [0.29, 0.717) is 5.92 Å². The van der Waals surface area contributed by atoms with Crippen LogP contribution in [-0.2, 0) is 4.74 Å². The Kier molecular flexibility index (Phi) is 5.66. The van der Waals surface area contributed by atoms with Crippen molar-refractivity contribution >= 4 is 12.6 Å². The number of rotatable bonds is 4. The van der Waals surface area contributed by atoms with Crippen LogP contribution in [0.4, 0.5) is 0 Å². The number of hydrogen-bond acceptors (Lipinski definition) is 1. The van der Waals surface area contributed by atoms with Gasteiger partial charge in [-0.05, 0) is 12.3 Å². The highest BCUT2D eigenvalue weighted by molar-refractivity contribution is 7.80. The van der Waals surface area contributed by atoms with Gasteiger partial charge in [-0.25, -0.2) is 0 Å². The normalized spacial score (nSPS) is 13.9. The van der Waals surface area contributed by atoms with Gasteiger partial charge in [-0.1, -0.05) is 19.6 Å². The highest BCUT2D eigenvalue weighted by Gasteiger charge is 1.97. The molecule has 8 heavy (non-hydrogen) atoms. The molecular weight excluding hydrogens is 120 g/mol. The first-order valence-corrected chi connectivity index (χ1v) is 3.46. The van der Waals surface area contributed by atoms with Gasteiger partial charge in [-0.15, -0.1) is 0 Å². The minimum atomic E-state index is 0.637. The highest BCUT2D eigenvalue weighted by atomic mass is 32.1. The molecular formula is C6H13OS. The van der Waals surface area contributed by atoms with Gasteiger partial charge in [0.15, 0.2) is 0 Å². The van der Waals surface area contributed by atoms with Gasteiger partial charge in [0, 0.05) is 19.5 Å². The van der Waals surface area contributed by atoms with Gasteiger partial charge >= 0.3 is 0 Å². The summed E-state index contributed by atoms with van der Waals surface area (Å²) in [4.78, 5) is 0. The zero-order chi connectivity index (χ0) is 6.41. The van der Waals surface area contributed by atoms with Crippen LogP contribution < -0.4 is 0 Å². The molecule has 2 heteroatoms. The molecule has 1 nitrogen and oxygen atoms in total. The molecule has 0 fully saturated rings. The highest BCUT2D eigenvalue weighted by Crippen LogP contribution is 2.01. The summed E-state index contributed by atoms with van der Waals surface area (Å²) in [6.45, 7) is 2.99. The Labute approximate surface area is 56.8 Å². The summed E-state index contributed by atoms with van der Waals surface area (Å²) in [6, 6.07) is 0. The summed E-state index contributed by atoms with van der Waals surface area (Å²) in [5.41, 5.74) is 0. The Morgan fingerprint density at radius 1 is 1.62 bits per heavy atom. The van der Waals surface area contributed by atoms with Crippen LogP contribution in [0.15, 0.2) is 0 Å². The predicted octanol–water partition coefficient (Wildman–Crippen LogP) is 1.86. The molecule has 0 aliphatic heterocycles. The molecule has 0 aliphatic rings. The van der Waals surface area contributed by atoms with Gasteiger partial charge in [0.1, 0.15) is 0 Å². The monoisotopic (exact) mass is 133 g/mol. The van der Waals surface area contributed by atoms with E-state index in [2.05, 4.69) is 6.92 Å². The summed E-state index contributed by atoms with van der Waals surface area (Å²) >= 11 is 4.79. The Morgan fingerprint density at radius 3 is 2.62 bits per heavy atom. The van der Waals surface area contributed by atoms with Crippen LogP contribution in [0, 0.1) is 5.92 Å². The molecule has 1 atom stereocenters. The van der Waals surface area contributed by atoms with E-state index in [9.17, 15) is 0 Å². The first-order valence-electron chi connectivity index (χ1n) is 2.88. The second-order valence-electron chi connectivity index (χ2n) is 2.05. The first kappa shape index (κ1) is 8.31. The minimum Gasteiger partial charge on any atom is -0.384 e. The van der Waals surface area contributed by atoms with E-state index in [-0.39, 0.29) is 0 Å². The van der Waals surface area contributed by atoms with E-state index in [0.717, 1.165) is 18.8 Å². The standard InChI is InChI=1S/C6H13OS/c1-6(3-4-8)5-7-2/h6H,3-5H2,1-2H3. The third-order valence-electron chi connectivity index (χ3n) is 1.06. The van der Waals surface area contributed by atoms with E-state index < -0.39 is 0 Å². The summed E-state index contributed by atoms with van der Waals surface area (Å²) in [5, 5.41) is 0. The smallest absolute Gasteiger partial charge is 0.0488 e. The van der Waals surface area contributed by atoms with Gasteiger partial charge in [-0.3, -0.25) is 0 Å². The lowest BCUT2D eigenvalue weighted by Crippen LogP contribution is -2.03. The zero-order valence-electron chi connectivity index (χ0n) is 5.52. The van der Waals surface area contributed by atoms with E-state index in [1.54, 1.807) is 7.11 Å². The van der Waals surface area contributed by atoms with Crippen LogP contribution in [0.1, 0.15) is 13.3 Å². The van der Waals surface area contributed by atoms with Crippen molar-refractivity contribution in [3.05, 3.63) is 0 Å². The SMILES string of the molecule is COCC(C)CC[S]. The maximum atomic E-state index is 4.91. The maximum absolute atomic E-state index is 4.91. The summed E-state index contributed by atoms with van der Waals surface area (Å²) in [6.07, 6.45) is 1.10. The molecule has 0 aromatic carbocycles. The van der Waals surface area contributed by atoms with Crippen LogP contribution in [0.3, 0.4) is 0 Å². The van der Waals surface area contributed by atoms with Gasteiger partial charge < -0.3 is 4.74 Å². The van der Waals surface area contributed by atoms with Crippen molar-refractivity contribution in [1.82, 2.24) is 0 Å². The average molecular weight is 133 g/mol. The lowest BCUT2D eigenvalue weighted by molar-refractivity contribution is 0.158. The lowest BCUT2D eigenvalue weighted by Gasteiger charge is -2.05. The van der Waals surface area contributed by atoms with Gasteiger partial charge in [-0.2, -0.15) is 0 Å². The zero-order valence-corrected chi connectivity index (χ0v) is 6.33. The molecule has 0 rings (SSSR count). The van der Waals surface area contributed by atoms with Crippen molar-refractivity contribution in [3.8, 4) is 0 Å². The van der Waals surface area contributed by atoms with Crippen molar-refractivity contribution < 1.29 is 4.74 Å². The molecule has 49 valence electrons. The van der Waals surface area contributed by atoms with E-state index in [1.165, 1.54) is 0 Å². The minimum absolute atomic E-state index is 0.637. The van der Waals surface area contributed by atoms with E-state index >= 15 is 0 Å². The van der Waals surface area contributed by atoms with Gasteiger partial charge in [0.05, 0.1) is 0 Å². The van der Waals surface area contributed by atoms with Gasteiger partial charge in [0.25, 0.3) is 0 Å². The lowest BCUT2D eigenvalue weighted by atomic mass is 10.1. The van der Waals surface area contributed by atoms with Crippen LogP contribution in [-0.4, -0.2) is 19.5 Å².